The average molecular weight is 233 g/mol. The van der Waals surface area contributed by atoms with Gasteiger partial charge in [0.15, 0.2) is 0 Å². The number of nitrogens with zero attached hydrogens (tertiary/aromatic N) is 2. The Hall–Kier alpha value is -1.90. The number of nitrogens with two attached hydrogens (primary N) is 1. The molecule has 1 atom stereocenters. The molecule has 0 fully saturated rings. The minimum absolute atomic E-state index is 0.404. The van der Waals surface area contributed by atoms with E-state index in [0.29, 0.717) is 25.8 Å². The van der Waals surface area contributed by atoms with Crippen molar-refractivity contribution < 1.29 is 14.9 Å². The lowest BCUT2D eigenvalue weighted by molar-refractivity contribution is -0.544. The fourth-order valence-electron chi connectivity index (χ4n) is 0.901. The summed E-state index contributed by atoms with van der Waals surface area (Å²) in [4.78, 5) is 20.1. The van der Waals surface area contributed by atoms with Crippen molar-refractivity contribution in [3.05, 3.63) is 10.1 Å². The quantitative estimate of drug-likeness (QED) is 0.130. The van der Waals surface area contributed by atoms with Gasteiger partial charge in [0, 0.05) is 6.54 Å². The van der Waals surface area contributed by atoms with Crippen LogP contribution in [0.25, 0.3) is 0 Å². The van der Waals surface area contributed by atoms with Crippen LogP contribution in [0.5, 0.6) is 0 Å². The number of carboxylic acids is 1. The zero-order valence-corrected chi connectivity index (χ0v) is 8.63. The molecule has 0 heterocycles. The summed E-state index contributed by atoms with van der Waals surface area (Å²) in [5, 5.41) is 23.4. The van der Waals surface area contributed by atoms with Crippen molar-refractivity contribution in [1.82, 2.24) is 10.9 Å². The maximum Gasteiger partial charge on any atom is 0.320 e. The minimum atomic E-state index is -1.01. The third-order valence-electron chi connectivity index (χ3n) is 1.70. The average Bonchev–Trinajstić information content (AvgIpc) is 2.21. The van der Waals surface area contributed by atoms with E-state index in [1.165, 1.54) is 6.34 Å². The van der Waals surface area contributed by atoms with Crippen molar-refractivity contribution in [2.24, 2.45) is 10.8 Å². The molecule has 9 heteroatoms. The first-order chi connectivity index (χ1) is 7.54. The van der Waals surface area contributed by atoms with Crippen LogP contribution >= 0.6 is 0 Å². The predicted octanol–water partition coefficient (Wildman–Crippen LogP) is -1.12. The monoisotopic (exact) mass is 233 g/mol. The first kappa shape index (κ1) is 14.1. The smallest absolute Gasteiger partial charge is 0.320 e. The fraction of sp³-hybridized carbons (Fsp3) is 0.714. The molecule has 0 aromatic carbocycles. The van der Waals surface area contributed by atoms with E-state index < -0.39 is 17.0 Å². The predicted molar refractivity (Wildman–Crippen MR) is 56.1 cm³/mol. The van der Waals surface area contributed by atoms with E-state index in [4.69, 9.17) is 10.8 Å². The molecule has 0 bridgehead atoms. The molecule has 5 N–H and O–H groups in total. The maximum absolute atomic E-state index is 10.3. The van der Waals surface area contributed by atoms with E-state index in [9.17, 15) is 14.9 Å². The molecule has 0 saturated heterocycles. The Morgan fingerprint density at radius 3 is 2.88 bits per heavy atom. The molecule has 0 aliphatic heterocycles. The number of hydrogen-bond acceptors (Lipinski definition) is 5. The maximum atomic E-state index is 10.3. The van der Waals surface area contributed by atoms with Gasteiger partial charge in [-0.05, 0) is 24.8 Å². The summed E-state index contributed by atoms with van der Waals surface area (Å²) in [6.07, 6.45) is 2.95. The van der Waals surface area contributed by atoms with Crippen LogP contribution in [-0.4, -0.2) is 35.0 Å². The van der Waals surface area contributed by atoms with Crippen LogP contribution in [0.2, 0.25) is 0 Å². The highest BCUT2D eigenvalue weighted by molar-refractivity contribution is 5.72. The van der Waals surface area contributed by atoms with Crippen molar-refractivity contribution in [3.8, 4) is 0 Å². The second-order valence-corrected chi connectivity index (χ2v) is 3.01. The summed E-state index contributed by atoms with van der Waals surface area (Å²) in [5.41, 5.74) is 6.88. The highest BCUT2D eigenvalue weighted by Crippen LogP contribution is 1.97. The van der Waals surface area contributed by atoms with Gasteiger partial charge in [-0.15, -0.1) is 0 Å². The van der Waals surface area contributed by atoms with Crippen LogP contribution < -0.4 is 16.6 Å². The molecule has 16 heavy (non-hydrogen) atoms. The molecule has 0 saturated carbocycles. The molecule has 0 aliphatic rings. The van der Waals surface area contributed by atoms with Gasteiger partial charge in [-0.1, -0.05) is 0 Å². The van der Waals surface area contributed by atoms with Crippen molar-refractivity contribution in [3.63, 3.8) is 0 Å². The molecule has 0 spiro atoms. The van der Waals surface area contributed by atoms with Crippen LogP contribution in [-0.2, 0) is 4.79 Å². The van der Waals surface area contributed by atoms with E-state index >= 15 is 0 Å². The van der Waals surface area contributed by atoms with Crippen molar-refractivity contribution in [2.45, 2.75) is 25.3 Å². The standard InChI is InChI=1S/C7H15N5O4/c8-6(7(13)14)3-1-2-4-9-5-10-11-12(15)16/h5-6,11H,1-4,8H2,(H,9,10)(H,13,14)/t6-/m0/s1. The Labute approximate surface area is 91.8 Å². The summed E-state index contributed by atoms with van der Waals surface area (Å²) in [7, 11) is 0. The van der Waals surface area contributed by atoms with E-state index in [1.54, 1.807) is 5.53 Å². The number of aliphatic carboxylic acids is 1. The van der Waals surface area contributed by atoms with Crippen LogP contribution in [0.15, 0.2) is 5.10 Å². The number of unbranched alkanes of at least 4 members (excludes halogenated alkanes) is 1. The van der Waals surface area contributed by atoms with Gasteiger partial charge in [0.1, 0.15) is 6.04 Å². The summed E-state index contributed by atoms with van der Waals surface area (Å²) in [5.74, 6) is -1.01. The van der Waals surface area contributed by atoms with Crippen molar-refractivity contribution in [2.75, 3.05) is 6.54 Å². The Bertz CT molecular complexity index is 257. The number of rotatable bonds is 9. The van der Waals surface area contributed by atoms with E-state index in [2.05, 4.69) is 10.4 Å². The number of hydrogen-bond donors (Lipinski definition) is 4. The van der Waals surface area contributed by atoms with Gasteiger partial charge in [0.2, 0.25) is 6.34 Å². The number of hydrazine groups is 1. The first-order valence-electron chi connectivity index (χ1n) is 4.67. The molecule has 0 radical (unpaired) electrons. The van der Waals surface area contributed by atoms with Gasteiger partial charge < -0.3 is 26.3 Å². The first-order valence-corrected chi connectivity index (χ1v) is 4.67. The van der Waals surface area contributed by atoms with Gasteiger partial charge in [-0.2, -0.15) is 0 Å². The number of carboxylic acid groups (broad SMARTS) is 1. The topological polar surface area (TPSA) is 143 Å². The highest BCUT2D eigenvalue weighted by atomic mass is 16.7. The lowest BCUT2D eigenvalue weighted by Crippen LogP contribution is -2.30. The largest absolute Gasteiger partial charge is 0.480 e. The number of nitrogens with one attached hydrogen (secondary N) is 2. The zero-order valence-electron chi connectivity index (χ0n) is 8.63. The summed E-state index contributed by atoms with van der Waals surface area (Å²) in [6.45, 7) is 0.551. The minimum Gasteiger partial charge on any atom is -0.480 e. The lowest BCUT2D eigenvalue weighted by Gasteiger charge is -2.04. The normalized spacial score (nSPS) is 12.3. The molecule has 0 rings (SSSR count). The highest BCUT2D eigenvalue weighted by Gasteiger charge is 2.09. The van der Waals surface area contributed by atoms with E-state index in [1.807, 2.05) is 0 Å². The Morgan fingerprint density at radius 1 is 1.62 bits per heavy atom. The van der Waals surface area contributed by atoms with Crippen LogP contribution in [0.3, 0.4) is 0 Å². The number of nitro groups is 1. The Kier molecular flexibility index (Phi) is 7.41. The van der Waals surface area contributed by atoms with Crippen molar-refractivity contribution >= 4 is 12.3 Å². The summed E-state index contributed by atoms with van der Waals surface area (Å²) < 4.78 is 0. The van der Waals surface area contributed by atoms with E-state index in [-0.39, 0.29) is 0 Å². The Morgan fingerprint density at radius 2 is 2.31 bits per heavy atom. The Balaban J connectivity index is 3.31. The summed E-state index contributed by atoms with van der Waals surface area (Å²) in [6, 6.07) is -0.829. The van der Waals surface area contributed by atoms with Gasteiger partial charge in [0.05, 0.1) is 10.1 Å². The third-order valence-corrected chi connectivity index (χ3v) is 1.70. The molecular weight excluding hydrogens is 218 g/mol. The van der Waals surface area contributed by atoms with Gasteiger partial charge in [-0.3, -0.25) is 4.79 Å². The second kappa shape index (κ2) is 8.41. The summed E-state index contributed by atoms with van der Waals surface area (Å²) >= 11 is 0. The lowest BCUT2D eigenvalue weighted by atomic mass is 10.1. The molecule has 0 unspecified atom stereocenters. The SMILES string of the molecule is N[C@@H](CCCCNC=NN[N+](=O)[O-])C(=O)O. The second-order valence-electron chi connectivity index (χ2n) is 3.01. The molecule has 0 aromatic heterocycles. The van der Waals surface area contributed by atoms with Gasteiger partial charge >= 0.3 is 5.97 Å². The molecule has 0 amide bonds. The van der Waals surface area contributed by atoms with Gasteiger partial charge in [-0.25, -0.2) is 0 Å². The number of hydrazone groups is 1. The molecular formula is C7H15N5O4. The number of carbonyl (C=O) groups is 1. The third kappa shape index (κ3) is 8.69. The van der Waals surface area contributed by atoms with Gasteiger partial charge in [0.25, 0.3) is 0 Å². The van der Waals surface area contributed by atoms with Crippen LogP contribution in [0, 0.1) is 10.1 Å². The molecule has 9 nitrogen and oxygen atoms in total. The molecule has 0 aliphatic carbocycles. The molecule has 92 valence electrons. The zero-order chi connectivity index (χ0) is 12.4. The van der Waals surface area contributed by atoms with Crippen LogP contribution in [0.4, 0.5) is 0 Å². The fourth-order valence-corrected chi connectivity index (χ4v) is 0.901. The van der Waals surface area contributed by atoms with Crippen LogP contribution in [0.1, 0.15) is 19.3 Å². The van der Waals surface area contributed by atoms with E-state index in [0.717, 1.165) is 0 Å². The van der Waals surface area contributed by atoms with Crippen molar-refractivity contribution in [1.29, 1.82) is 0 Å². The molecule has 0 aromatic rings.